The second-order valence-electron chi connectivity index (χ2n) is 4.87. The minimum absolute atomic E-state index is 0.144. The van der Waals surface area contributed by atoms with Crippen molar-refractivity contribution in [3.63, 3.8) is 0 Å². The van der Waals surface area contributed by atoms with Gasteiger partial charge in [0.05, 0.1) is 5.56 Å². The SMILES string of the molecule is NC(=O)c1ccsc1NC(=O)COc1ccc2ccccc2c1. The zero-order valence-corrected chi connectivity index (χ0v) is 12.9. The second-order valence-corrected chi connectivity index (χ2v) is 5.79. The van der Waals surface area contributed by atoms with Crippen LogP contribution in [-0.2, 0) is 4.79 Å². The molecule has 0 unspecified atom stereocenters. The Bertz CT molecular complexity index is 873. The number of carbonyl (C=O) groups is 2. The summed E-state index contributed by atoms with van der Waals surface area (Å²) < 4.78 is 5.50. The van der Waals surface area contributed by atoms with E-state index in [-0.39, 0.29) is 12.5 Å². The van der Waals surface area contributed by atoms with Gasteiger partial charge in [-0.1, -0.05) is 30.3 Å². The third-order valence-electron chi connectivity index (χ3n) is 3.27. The Labute approximate surface area is 136 Å². The summed E-state index contributed by atoms with van der Waals surface area (Å²) in [6, 6.07) is 15.1. The van der Waals surface area contributed by atoms with Crippen molar-refractivity contribution in [3.8, 4) is 5.75 Å². The fourth-order valence-corrected chi connectivity index (χ4v) is 2.98. The van der Waals surface area contributed by atoms with E-state index < -0.39 is 5.91 Å². The topological polar surface area (TPSA) is 81.4 Å². The van der Waals surface area contributed by atoms with Crippen LogP contribution in [0, 0.1) is 0 Å². The fourth-order valence-electron chi connectivity index (χ4n) is 2.17. The van der Waals surface area contributed by atoms with E-state index >= 15 is 0 Å². The summed E-state index contributed by atoms with van der Waals surface area (Å²) in [5.74, 6) is -0.305. The zero-order valence-electron chi connectivity index (χ0n) is 12.1. The van der Waals surface area contributed by atoms with Crippen LogP contribution in [0.3, 0.4) is 0 Å². The summed E-state index contributed by atoms with van der Waals surface area (Å²) in [5.41, 5.74) is 5.54. The number of primary amides is 1. The maximum Gasteiger partial charge on any atom is 0.262 e. The molecule has 0 fully saturated rings. The van der Waals surface area contributed by atoms with Gasteiger partial charge in [-0.3, -0.25) is 9.59 Å². The minimum Gasteiger partial charge on any atom is -0.484 e. The van der Waals surface area contributed by atoms with Gasteiger partial charge < -0.3 is 15.8 Å². The first-order valence-electron chi connectivity index (χ1n) is 6.92. The number of carbonyl (C=O) groups excluding carboxylic acids is 2. The number of hydrogen-bond donors (Lipinski definition) is 2. The molecule has 5 nitrogen and oxygen atoms in total. The van der Waals surface area contributed by atoms with Crippen LogP contribution in [0.1, 0.15) is 10.4 Å². The number of fused-ring (bicyclic) bond motifs is 1. The van der Waals surface area contributed by atoms with Crippen LogP contribution >= 0.6 is 11.3 Å². The Morgan fingerprint density at radius 3 is 2.65 bits per heavy atom. The van der Waals surface area contributed by atoms with Crippen LogP contribution in [0.15, 0.2) is 53.9 Å². The maximum absolute atomic E-state index is 11.9. The molecule has 0 saturated heterocycles. The average Bonchev–Trinajstić information content (AvgIpc) is 3.01. The smallest absolute Gasteiger partial charge is 0.262 e. The summed E-state index contributed by atoms with van der Waals surface area (Å²) in [6.45, 7) is -0.144. The van der Waals surface area contributed by atoms with Crippen LogP contribution in [0.2, 0.25) is 0 Å². The third-order valence-corrected chi connectivity index (χ3v) is 4.10. The normalized spacial score (nSPS) is 10.4. The van der Waals surface area contributed by atoms with Crippen LogP contribution < -0.4 is 15.8 Å². The van der Waals surface area contributed by atoms with Gasteiger partial charge in [0.1, 0.15) is 10.8 Å². The van der Waals surface area contributed by atoms with Crippen molar-refractivity contribution in [2.75, 3.05) is 11.9 Å². The van der Waals surface area contributed by atoms with Gasteiger partial charge in [-0.25, -0.2) is 0 Å². The molecule has 0 spiro atoms. The van der Waals surface area contributed by atoms with Crippen LogP contribution in [0.25, 0.3) is 10.8 Å². The molecule has 0 atom stereocenters. The molecule has 23 heavy (non-hydrogen) atoms. The van der Waals surface area contributed by atoms with Gasteiger partial charge in [0.25, 0.3) is 11.8 Å². The molecule has 0 radical (unpaired) electrons. The number of benzene rings is 2. The number of anilines is 1. The Hall–Kier alpha value is -2.86. The van der Waals surface area contributed by atoms with Crippen molar-refractivity contribution in [2.24, 2.45) is 5.73 Å². The second kappa shape index (κ2) is 6.50. The molecule has 1 aromatic heterocycles. The monoisotopic (exact) mass is 326 g/mol. The minimum atomic E-state index is -0.572. The highest BCUT2D eigenvalue weighted by Gasteiger charge is 2.12. The Balaban J connectivity index is 1.63. The molecule has 1 heterocycles. The summed E-state index contributed by atoms with van der Waals surface area (Å²) in [5, 5.41) is 6.91. The third kappa shape index (κ3) is 3.49. The summed E-state index contributed by atoms with van der Waals surface area (Å²) in [6.07, 6.45) is 0. The van der Waals surface area contributed by atoms with Crippen LogP contribution in [0.4, 0.5) is 5.00 Å². The van der Waals surface area contributed by atoms with Crippen molar-refractivity contribution in [3.05, 3.63) is 59.5 Å². The first kappa shape index (κ1) is 15.1. The van der Waals surface area contributed by atoms with E-state index in [1.54, 1.807) is 11.4 Å². The molecule has 0 aliphatic heterocycles. The number of rotatable bonds is 5. The van der Waals surface area contributed by atoms with Crippen LogP contribution in [0.5, 0.6) is 5.75 Å². The van der Waals surface area contributed by atoms with Gasteiger partial charge in [-0.2, -0.15) is 0 Å². The molecule has 0 bridgehead atoms. The van der Waals surface area contributed by atoms with Gasteiger partial charge in [0.2, 0.25) is 0 Å². The van der Waals surface area contributed by atoms with E-state index in [2.05, 4.69) is 5.32 Å². The largest absolute Gasteiger partial charge is 0.484 e. The number of thiophene rings is 1. The lowest BCUT2D eigenvalue weighted by Crippen LogP contribution is -2.21. The molecule has 3 N–H and O–H groups in total. The average molecular weight is 326 g/mol. The molecular weight excluding hydrogens is 312 g/mol. The molecule has 0 saturated carbocycles. The first-order valence-corrected chi connectivity index (χ1v) is 7.80. The van der Waals surface area contributed by atoms with Crippen molar-refractivity contribution < 1.29 is 14.3 Å². The zero-order chi connectivity index (χ0) is 16.2. The van der Waals surface area contributed by atoms with Gasteiger partial charge in [0, 0.05) is 0 Å². The molecule has 6 heteroatoms. The van der Waals surface area contributed by atoms with Gasteiger partial charge >= 0.3 is 0 Å². The molecule has 2 aromatic carbocycles. The Morgan fingerprint density at radius 2 is 1.87 bits per heavy atom. The maximum atomic E-state index is 11.9. The Morgan fingerprint density at radius 1 is 1.09 bits per heavy atom. The number of nitrogens with one attached hydrogen (secondary N) is 1. The predicted molar refractivity (Wildman–Crippen MR) is 90.9 cm³/mol. The summed E-state index contributed by atoms with van der Waals surface area (Å²) >= 11 is 1.24. The lowest BCUT2D eigenvalue weighted by atomic mass is 10.1. The molecular formula is C17H14N2O3S. The standard InChI is InChI=1S/C17H14N2O3S/c18-16(21)14-7-8-23-17(14)19-15(20)10-22-13-6-5-11-3-1-2-4-12(11)9-13/h1-9H,10H2,(H2,18,21)(H,19,20). The Kier molecular flexibility index (Phi) is 4.25. The lowest BCUT2D eigenvalue weighted by molar-refractivity contribution is -0.118. The molecule has 0 aliphatic rings. The highest BCUT2D eigenvalue weighted by Crippen LogP contribution is 2.23. The van der Waals surface area contributed by atoms with Crippen LogP contribution in [-0.4, -0.2) is 18.4 Å². The summed E-state index contributed by atoms with van der Waals surface area (Å²) in [7, 11) is 0. The first-order chi connectivity index (χ1) is 11.1. The highest BCUT2D eigenvalue weighted by atomic mass is 32.1. The molecule has 116 valence electrons. The van der Waals surface area contributed by atoms with Crippen molar-refractivity contribution in [1.29, 1.82) is 0 Å². The van der Waals surface area contributed by atoms with E-state index in [0.29, 0.717) is 16.3 Å². The predicted octanol–water partition coefficient (Wildman–Crippen LogP) is 3.02. The van der Waals surface area contributed by atoms with Crippen molar-refractivity contribution >= 4 is 38.9 Å². The lowest BCUT2D eigenvalue weighted by Gasteiger charge is -2.08. The number of hydrogen-bond acceptors (Lipinski definition) is 4. The molecule has 0 aliphatic carbocycles. The van der Waals surface area contributed by atoms with Gasteiger partial charge in [-0.05, 0) is 34.4 Å². The van der Waals surface area contributed by atoms with Gasteiger partial charge in [0.15, 0.2) is 6.61 Å². The quantitative estimate of drug-likeness (QED) is 0.756. The number of nitrogens with two attached hydrogens (primary N) is 1. The molecule has 2 amide bonds. The molecule has 3 rings (SSSR count). The number of amides is 2. The van der Waals surface area contributed by atoms with E-state index in [1.165, 1.54) is 11.3 Å². The summed E-state index contributed by atoms with van der Waals surface area (Å²) in [4.78, 5) is 23.2. The number of ether oxygens (including phenoxy) is 1. The van der Waals surface area contributed by atoms with E-state index in [1.807, 2.05) is 42.5 Å². The van der Waals surface area contributed by atoms with E-state index in [9.17, 15) is 9.59 Å². The highest BCUT2D eigenvalue weighted by molar-refractivity contribution is 7.14. The fraction of sp³-hybridized carbons (Fsp3) is 0.0588. The molecule has 3 aromatic rings. The van der Waals surface area contributed by atoms with E-state index in [4.69, 9.17) is 10.5 Å². The van der Waals surface area contributed by atoms with E-state index in [0.717, 1.165) is 10.8 Å². The van der Waals surface area contributed by atoms with Crippen molar-refractivity contribution in [2.45, 2.75) is 0 Å². The van der Waals surface area contributed by atoms with Gasteiger partial charge in [-0.15, -0.1) is 11.3 Å². The van der Waals surface area contributed by atoms with Crippen molar-refractivity contribution in [1.82, 2.24) is 0 Å².